The summed E-state index contributed by atoms with van der Waals surface area (Å²) >= 11 is 0. The SMILES string of the molecule is c1ccc(-c2cc(-c3ccccc3)cc(-n3c4ccccc4c4cc(-c5ccc6c(c5)c5ccccc5n6-c5ccc(-c6cc(-c7ccccc7)nc(-c7ccccc7)n6)cc5)ccc43)c2)cc1.c1ccc(-c2ccc(-c3ccc(-n4c5ccccc5c5cc(-c6ccc7c(c6)c6ccccc6n7-c6ccc(-c7cc(-c8ccccc8)nc(-c8ccccc8)n7)cc6)ccc54)cc3)cc2)cc1. The van der Waals surface area contributed by atoms with Gasteiger partial charge in [0.1, 0.15) is 0 Å². The quantitative estimate of drug-likeness (QED) is 0.0966. The second kappa shape index (κ2) is 34.2. The first kappa shape index (κ1) is 79.9. The molecule has 6 aromatic heterocycles. The minimum absolute atomic E-state index is 0.709. The van der Waals surface area contributed by atoms with Gasteiger partial charge in [0.25, 0.3) is 0 Å². The number of rotatable bonds is 16. The average molecular weight is 1730 g/mol. The van der Waals surface area contributed by atoms with Crippen LogP contribution in [0.3, 0.4) is 0 Å². The van der Waals surface area contributed by atoms with Crippen molar-refractivity contribution in [1.29, 1.82) is 0 Å². The second-order valence-electron chi connectivity index (χ2n) is 34.8. The van der Waals surface area contributed by atoms with Gasteiger partial charge in [-0.3, -0.25) is 0 Å². The van der Waals surface area contributed by atoms with E-state index in [-0.39, 0.29) is 0 Å². The smallest absolute Gasteiger partial charge is 0.160 e. The summed E-state index contributed by atoms with van der Waals surface area (Å²) in [5.74, 6) is 1.42. The van der Waals surface area contributed by atoms with Gasteiger partial charge in [0.15, 0.2) is 11.6 Å². The molecule has 0 amide bonds. The van der Waals surface area contributed by atoms with E-state index in [9.17, 15) is 0 Å². The molecular weight excluding hydrogens is 1650 g/mol. The van der Waals surface area contributed by atoms with Crippen molar-refractivity contribution in [3.63, 3.8) is 0 Å². The molecule has 6 heterocycles. The summed E-state index contributed by atoms with van der Waals surface area (Å²) in [5, 5.41) is 9.79. The third-order valence-corrected chi connectivity index (χ3v) is 26.7. The highest BCUT2D eigenvalue weighted by Gasteiger charge is 2.23. The summed E-state index contributed by atoms with van der Waals surface area (Å²) in [6.07, 6.45) is 0. The predicted octanol–water partition coefficient (Wildman–Crippen LogP) is 33.3. The number of hydrogen-bond donors (Lipinski definition) is 0. The number of aromatic nitrogens is 8. The average Bonchev–Trinajstić information content (AvgIpc) is 1.59. The fourth-order valence-electron chi connectivity index (χ4n) is 20.0. The molecule has 8 heteroatoms. The lowest BCUT2D eigenvalue weighted by molar-refractivity contribution is 1.17. The molecule has 0 radical (unpaired) electrons. The van der Waals surface area contributed by atoms with Crippen LogP contribution in [0.25, 0.3) is 245 Å². The fraction of sp³-hybridized carbons (Fsp3) is 0. The lowest BCUT2D eigenvalue weighted by Gasteiger charge is -2.14. The van der Waals surface area contributed by atoms with Crippen LogP contribution in [-0.2, 0) is 0 Å². The van der Waals surface area contributed by atoms with Gasteiger partial charge in [-0.25, -0.2) is 19.9 Å². The van der Waals surface area contributed by atoms with E-state index in [1.807, 2.05) is 48.5 Å². The molecule has 0 aliphatic rings. The van der Waals surface area contributed by atoms with Gasteiger partial charge in [-0.15, -0.1) is 0 Å². The molecule has 0 saturated heterocycles. The van der Waals surface area contributed by atoms with E-state index in [4.69, 9.17) is 19.9 Å². The normalized spacial score (nSPS) is 11.5. The van der Waals surface area contributed by atoms with Crippen LogP contribution in [0, 0.1) is 0 Å². The monoisotopic (exact) mass is 1730 g/mol. The largest absolute Gasteiger partial charge is 0.309 e. The first-order chi connectivity index (χ1) is 67.4. The maximum Gasteiger partial charge on any atom is 0.160 e. The highest BCUT2D eigenvalue weighted by molar-refractivity contribution is 6.15. The van der Waals surface area contributed by atoms with Crippen molar-refractivity contribution < 1.29 is 0 Å². The molecule has 26 rings (SSSR count). The number of benzene rings is 20. The van der Waals surface area contributed by atoms with Gasteiger partial charge in [0.05, 0.1) is 66.9 Å². The first-order valence-corrected chi connectivity index (χ1v) is 46.3. The molecule has 0 atom stereocenters. The third kappa shape index (κ3) is 14.7. The van der Waals surface area contributed by atoms with Crippen molar-refractivity contribution in [2.45, 2.75) is 0 Å². The topological polar surface area (TPSA) is 71.3 Å². The first-order valence-electron chi connectivity index (χ1n) is 46.3. The van der Waals surface area contributed by atoms with Gasteiger partial charge < -0.3 is 18.3 Å². The zero-order valence-electron chi connectivity index (χ0n) is 74.1. The van der Waals surface area contributed by atoms with Gasteiger partial charge in [0, 0.05) is 99.2 Å². The summed E-state index contributed by atoms with van der Waals surface area (Å²) in [4.78, 5) is 20.2. The lowest BCUT2D eigenvalue weighted by atomic mass is 9.98. The van der Waals surface area contributed by atoms with E-state index in [0.29, 0.717) is 11.6 Å². The molecule has 0 N–H and O–H groups in total. The van der Waals surface area contributed by atoms with Crippen molar-refractivity contribution in [3.8, 4) is 157 Å². The summed E-state index contributed by atoms with van der Waals surface area (Å²) in [7, 11) is 0. The Kier molecular flexibility index (Phi) is 20.1. The highest BCUT2D eigenvalue weighted by Crippen LogP contribution is 2.45. The summed E-state index contributed by atoms with van der Waals surface area (Å²) in [6.45, 7) is 0. The standard InChI is InChI=1S/2C64H42N4/c1-5-17-43(18-6-1)50-37-51(44-19-7-2-8-20-44)39-53(38-50)68-61-28-16-14-26-55(61)57-41-49(32-36-63(57)68)48-31-35-62-56(40-48)54-25-13-15-27-60(54)67(62)52-33-29-46(30-34-52)59-42-58(45-21-9-3-10-22-45)65-64(66-59)47-23-11-4-12-24-47;1-4-14-43(15-5-1)44-24-26-45(27-25-44)46-28-34-52(35-29-46)67-60-22-12-10-20-54(60)56-40-50(32-38-62(56)67)51-33-39-63-57(41-51)55-21-11-13-23-61(55)68(63)53-36-30-48(31-37-53)59-42-58(47-16-6-2-7-17-47)65-64(66-59)49-18-8-3-9-19-49/h2*1-42H. The molecule has 0 unspecified atom stereocenters. The van der Waals surface area contributed by atoms with Gasteiger partial charge in [-0.2, -0.15) is 0 Å². The van der Waals surface area contributed by atoms with Crippen LogP contribution in [0.5, 0.6) is 0 Å². The molecule has 0 bridgehead atoms. The summed E-state index contributed by atoms with van der Waals surface area (Å²) in [5.41, 5.74) is 37.9. The highest BCUT2D eigenvalue weighted by atomic mass is 15.0. The Morgan fingerprint density at radius 1 is 0.110 bits per heavy atom. The van der Waals surface area contributed by atoms with E-state index < -0.39 is 0 Å². The molecule has 0 fully saturated rings. The molecule has 0 aliphatic heterocycles. The van der Waals surface area contributed by atoms with Gasteiger partial charge >= 0.3 is 0 Å². The van der Waals surface area contributed by atoms with Gasteiger partial charge in [-0.05, 0) is 206 Å². The van der Waals surface area contributed by atoms with E-state index in [2.05, 4.69) is 479 Å². The van der Waals surface area contributed by atoms with Crippen LogP contribution in [0.1, 0.15) is 0 Å². The number of nitrogens with zero attached hydrogens (tertiary/aromatic N) is 8. The predicted molar refractivity (Wildman–Crippen MR) is 567 cm³/mol. The molecule has 0 spiro atoms. The Morgan fingerprint density at radius 2 is 0.301 bits per heavy atom. The van der Waals surface area contributed by atoms with Crippen molar-refractivity contribution in [2.24, 2.45) is 0 Å². The summed E-state index contributed by atoms with van der Waals surface area (Å²) < 4.78 is 9.59. The minimum atomic E-state index is 0.709. The molecule has 20 aromatic carbocycles. The molecular formula is C128H84N8. The van der Waals surface area contributed by atoms with Crippen LogP contribution >= 0.6 is 0 Å². The fourth-order valence-corrected chi connectivity index (χ4v) is 20.0. The van der Waals surface area contributed by atoms with Gasteiger partial charge in [-0.1, -0.05) is 370 Å². The Hall–Kier alpha value is -18.2. The Morgan fingerprint density at radius 3 is 0.581 bits per heavy atom. The molecule has 8 nitrogen and oxygen atoms in total. The molecule has 26 aromatic rings. The van der Waals surface area contributed by atoms with E-state index in [0.717, 1.165) is 89.9 Å². The lowest BCUT2D eigenvalue weighted by Crippen LogP contribution is -1.97. The van der Waals surface area contributed by atoms with Crippen molar-refractivity contribution in [1.82, 2.24) is 38.2 Å². The maximum absolute atomic E-state index is 5.09. The maximum atomic E-state index is 5.09. The van der Waals surface area contributed by atoms with Crippen LogP contribution in [0.4, 0.5) is 0 Å². The van der Waals surface area contributed by atoms with Crippen LogP contribution in [0.2, 0.25) is 0 Å². The number of fused-ring (bicyclic) bond motifs is 12. The summed E-state index contributed by atoms with van der Waals surface area (Å²) in [6, 6.07) is 182. The zero-order chi connectivity index (χ0) is 89.9. The second-order valence-corrected chi connectivity index (χ2v) is 34.8. The molecule has 0 saturated carbocycles. The van der Waals surface area contributed by atoms with Crippen LogP contribution in [-0.4, -0.2) is 38.2 Å². The zero-order valence-corrected chi connectivity index (χ0v) is 74.1. The van der Waals surface area contributed by atoms with E-state index in [1.165, 1.54) is 143 Å². The number of hydrogen-bond acceptors (Lipinski definition) is 4. The van der Waals surface area contributed by atoms with E-state index >= 15 is 0 Å². The third-order valence-electron chi connectivity index (χ3n) is 26.7. The van der Waals surface area contributed by atoms with E-state index in [1.54, 1.807) is 0 Å². The number of para-hydroxylation sites is 4. The minimum Gasteiger partial charge on any atom is -0.309 e. The molecule has 636 valence electrons. The Bertz CT molecular complexity index is 8830. The van der Waals surface area contributed by atoms with Crippen molar-refractivity contribution in [3.05, 3.63) is 510 Å². The van der Waals surface area contributed by atoms with Crippen molar-refractivity contribution >= 4 is 87.2 Å². The van der Waals surface area contributed by atoms with Crippen LogP contribution in [0.15, 0.2) is 510 Å². The van der Waals surface area contributed by atoms with Gasteiger partial charge in [0.2, 0.25) is 0 Å². The van der Waals surface area contributed by atoms with Crippen LogP contribution < -0.4 is 0 Å². The molecule has 0 aliphatic carbocycles. The Balaban J connectivity index is 0.000000145. The molecule has 136 heavy (non-hydrogen) atoms. The Labute approximate surface area is 786 Å². The van der Waals surface area contributed by atoms with Crippen molar-refractivity contribution in [2.75, 3.05) is 0 Å².